The van der Waals surface area contributed by atoms with E-state index in [2.05, 4.69) is 5.32 Å². The predicted octanol–water partition coefficient (Wildman–Crippen LogP) is 0.649. The van der Waals surface area contributed by atoms with E-state index in [9.17, 15) is 4.79 Å². The van der Waals surface area contributed by atoms with E-state index in [1.807, 2.05) is 24.3 Å². The van der Waals surface area contributed by atoms with E-state index in [4.69, 9.17) is 11.1 Å². The molecule has 0 radical (unpaired) electrons. The summed E-state index contributed by atoms with van der Waals surface area (Å²) >= 11 is 0. The molecule has 0 aliphatic heterocycles. The van der Waals surface area contributed by atoms with Gasteiger partial charge in [-0.25, -0.2) is 0 Å². The summed E-state index contributed by atoms with van der Waals surface area (Å²) in [5, 5.41) is 9.90. The van der Waals surface area contributed by atoms with Crippen LogP contribution in [-0.2, 0) is 11.2 Å². The minimum absolute atomic E-state index is 0.0860. The van der Waals surface area contributed by atoms with Crippen molar-refractivity contribution in [1.82, 2.24) is 5.32 Å². The number of amidine groups is 1. The average Bonchev–Trinajstić information content (AvgIpc) is 2.25. The van der Waals surface area contributed by atoms with Crippen LogP contribution < -0.4 is 11.1 Å². The molecule has 0 bridgehead atoms. The normalized spacial score (nSPS) is 9.60. The Balaban J connectivity index is 2.50. The van der Waals surface area contributed by atoms with Crippen molar-refractivity contribution in [3.05, 3.63) is 35.4 Å². The molecule has 0 aliphatic rings. The van der Waals surface area contributed by atoms with Crippen molar-refractivity contribution in [3.8, 4) is 0 Å². The van der Waals surface area contributed by atoms with Gasteiger partial charge in [0.1, 0.15) is 5.84 Å². The van der Waals surface area contributed by atoms with E-state index in [0.29, 0.717) is 13.0 Å². The molecule has 0 heterocycles. The van der Waals surface area contributed by atoms with Crippen molar-refractivity contribution >= 4 is 12.2 Å². The lowest BCUT2D eigenvalue weighted by molar-refractivity contribution is -0.109. The van der Waals surface area contributed by atoms with Crippen LogP contribution in [0.4, 0.5) is 0 Å². The SMILES string of the molecule is N=C(N)c1cccc(CCCNC=O)c1. The second kappa shape index (κ2) is 5.80. The summed E-state index contributed by atoms with van der Waals surface area (Å²) in [5.74, 6) is 0.0860. The van der Waals surface area contributed by atoms with E-state index in [1.54, 1.807) is 0 Å². The van der Waals surface area contributed by atoms with Crippen LogP contribution in [0.15, 0.2) is 24.3 Å². The molecular weight excluding hydrogens is 190 g/mol. The molecule has 0 atom stereocenters. The lowest BCUT2D eigenvalue weighted by Crippen LogP contribution is -2.13. The van der Waals surface area contributed by atoms with Gasteiger partial charge in [0, 0.05) is 12.1 Å². The first kappa shape index (κ1) is 11.2. The van der Waals surface area contributed by atoms with Gasteiger partial charge >= 0.3 is 0 Å². The number of amides is 1. The molecule has 1 aromatic rings. The number of nitrogen functional groups attached to an aromatic ring is 1. The number of aryl methyl sites for hydroxylation is 1. The summed E-state index contributed by atoms with van der Waals surface area (Å²) in [4.78, 5) is 10.0. The highest BCUT2D eigenvalue weighted by Gasteiger charge is 1.98. The van der Waals surface area contributed by atoms with Crippen LogP contribution >= 0.6 is 0 Å². The van der Waals surface area contributed by atoms with Gasteiger partial charge in [-0.2, -0.15) is 0 Å². The maximum Gasteiger partial charge on any atom is 0.207 e. The quantitative estimate of drug-likeness (QED) is 0.276. The van der Waals surface area contributed by atoms with E-state index in [1.165, 1.54) is 0 Å². The molecule has 4 heteroatoms. The predicted molar refractivity (Wildman–Crippen MR) is 59.8 cm³/mol. The van der Waals surface area contributed by atoms with E-state index >= 15 is 0 Å². The Morgan fingerprint density at radius 3 is 3.00 bits per heavy atom. The lowest BCUT2D eigenvalue weighted by atomic mass is 10.1. The highest BCUT2D eigenvalue weighted by Crippen LogP contribution is 2.06. The standard InChI is InChI=1S/C11H15N3O/c12-11(13)10-5-1-3-9(7-10)4-2-6-14-8-15/h1,3,5,7-8H,2,4,6H2,(H3,12,13)(H,14,15). The minimum atomic E-state index is 0.0860. The maximum atomic E-state index is 10.0. The summed E-state index contributed by atoms with van der Waals surface area (Å²) in [6.07, 6.45) is 2.47. The summed E-state index contributed by atoms with van der Waals surface area (Å²) in [6.45, 7) is 0.674. The molecule has 0 aliphatic carbocycles. The summed E-state index contributed by atoms with van der Waals surface area (Å²) in [5.41, 5.74) is 7.26. The van der Waals surface area contributed by atoms with Gasteiger partial charge in [-0.05, 0) is 24.5 Å². The Kier molecular flexibility index (Phi) is 4.34. The summed E-state index contributed by atoms with van der Waals surface area (Å²) in [7, 11) is 0. The number of nitrogens with one attached hydrogen (secondary N) is 2. The van der Waals surface area contributed by atoms with Gasteiger partial charge in [0.2, 0.25) is 6.41 Å². The zero-order chi connectivity index (χ0) is 11.1. The van der Waals surface area contributed by atoms with Gasteiger partial charge < -0.3 is 11.1 Å². The molecule has 0 saturated heterocycles. The molecule has 0 saturated carbocycles. The van der Waals surface area contributed by atoms with Gasteiger partial charge in [0.15, 0.2) is 0 Å². The van der Waals surface area contributed by atoms with Gasteiger partial charge in [0.25, 0.3) is 0 Å². The third-order valence-electron chi connectivity index (χ3n) is 2.11. The van der Waals surface area contributed by atoms with Crippen LogP contribution in [0.25, 0.3) is 0 Å². The number of hydrogen-bond donors (Lipinski definition) is 3. The molecular formula is C11H15N3O. The molecule has 4 nitrogen and oxygen atoms in total. The lowest BCUT2D eigenvalue weighted by Gasteiger charge is -2.03. The summed E-state index contributed by atoms with van der Waals surface area (Å²) in [6, 6.07) is 7.60. The smallest absolute Gasteiger partial charge is 0.207 e. The van der Waals surface area contributed by atoms with E-state index in [-0.39, 0.29) is 5.84 Å². The zero-order valence-corrected chi connectivity index (χ0v) is 8.49. The number of nitrogens with two attached hydrogens (primary N) is 1. The first-order chi connectivity index (χ1) is 7.24. The topological polar surface area (TPSA) is 79.0 Å². The number of carbonyl (C=O) groups is 1. The van der Waals surface area contributed by atoms with E-state index < -0.39 is 0 Å². The van der Waals surface area contributed by atoms with Crippen LogP contribution in [0.2, 0.25) is 0 Å². The number of hydrogen-bond acceptors (Lipinski definition) is 2. The number of benzene rings is 1. The summed E-state index contributed by atoms with van der Waals surface area (Å²) < 4.78 is 0. The van der Waals surface area contributed by atoms with Crippen LogP contribution in [0.5, 0.6) is 0 Å². The Morgan fingerprint density at radius 2 is 2.33 bits per heavy atom. The molecule has 1 rings (SSSR count). The first-order valence-electron chi connectivity index (χ1n) is 4.84. The Morgan fingerprint density at radius 1 is 1.53 bits per heavy atom. The number of rotatable bonds is 6. The molecule has 80 valence electrons. The monoisotopic (exact) mass is 205 g/mol. The third kappa shape index (κ3) is 3.81. The second-order valence-corrected chi connectivity index (χ2v) is 3.29. The van der Waals surface area contributed by atoms with Gasteiger partial charge in [-0.3, -0.25) is 10.2 Å². The largest absolute Gasteiger partial charge is 0.384 e. The Bertz CT molecular complexity index is 349. The molecule has 0 unspecified atom stereocenters. The molecule has 0 fully saturated rings. The van der Waals surface area contributed by atoms with Crippen LogP contribution in [0, 0.1) is 5.41 Å². The van der Waals surface area contributed by atoms with Crippen molar-refractivity contribution in [3.63, 3.8) is 0 Å². The van der Waals surface area contributed by atoms with Gasteiger partial charge in [0.05, 0.1) is 0 Å². The van der Waals surface area contributed by atoms with Crippen LogP contribution in [0.3, 0.4) is 0 Å². The molecule has 0 aromatic heterocycles. The molecule has 4 N–H and O–H groups in total. The van der Waals surface area contributed by atoms with E-state index in [0.717, 1.165) is 24.0 Å². The highest BCUT2D eigenvalue weighted by molar-refractivity contribution is 5.95. The van der Waals surface area contributed by atoms with Crippen LogP contribution in [0.1, 0.15) is 17.5 Å². The van der Waals surface area contributed by atoms with Gasteiger partial charge in [-0.1, -0.05) is 18.2 Å². The zero-order valence-electron chi connectivity index (χ0n) is 8.49. The molecule has 15 heavy (non-hydrogen) atoms. The van der Waals surface area contributed by atoms with Crippen molar-refractivity contribution in [2.24, 2.45) is 5.73 Å². The van der Waals surface area contributed by atoms with Crippen molar-refractivity contribution in [1.29, 1.82) is 5.41 Å². The fourth-order valence-electron chi connectivity index (χ4n) is 1.35. The number of carbonyl (C=O) groups excluding carboxylic acids is 1. The highest BCUT2D eigenvalue weighted by atomic mass is 16.1. The fourth-order valence-corrected chi connectivity index (χ4v) is 1.35. The average molecular weight is 205 g/mol. The first-order valence-corrected chi connectivity index (χ1v) is 4.84. The fraction of sp³-hybridized carbons (Fsp3) is 0.273. The Labute approximate surface area is 89.0 Å². The molecule has 1 aromatic carbocycles. The van der Waals surface area contributed by atoms with Gasteiger partial charge in [-0.15, -0.1) is 0 Å². The molecule has 0 spiro atoms. The second-order valence-electron chi connectivity index (χ2n) is 3.29. The molecule has 1 amide bonds. The van der Waals surface area contributed by atoms with Crippen LogP contribution in [-0.4, -0.2) is 18.8 Å². The Hall–Kier alpha value is -1.84. The van der Waals surface area contributed by atoms with Crippen molar-refractivity contribution in [2.45, 2.75) is 12.8 Å². The van der Waals surface area contributed by atoms with Crippen molar-refractivity contribution in [2.75, 3.05) is 6.54 Å². The maximum absolute atomic E-state index is 10.0. The minimum Gasteiger partial charge on any atom is -0.384 e. The van der Waals surface area contributed by atoms with Crippen molar-refractivity contribution < 1.29 is 4.79 Å². The third-order valence-corrected chi connectivity index (χ3v) is 2.11.